The van der Waals surface area contributed by atoms with Crippen molar-refractivity contribution in [2.75, 3.05) is 18.4 Å². The highest BCUT2D eigenvalue weighted by molar-refractivity contribution is 6.55. The Hall–Kier alpha value is 1.71. The molecule has 5 N–H and O–H groups in total. The van der Waals surface area contributed by atoms with Gasteiger partial charge in [-0.15, -0.1) is 23.2 Å². The van der Waals surface area contributed by atoms with Crippen molar-refractivity contribution in [1.29, 1.82) is 0 Å². The van der Waals surface area contributed by atoms with E-state index >= 15 is 0 Å². The zero-order valence-corrected chi connectivity index (χ0v) is 18.3. The van der Waals surface area contributed by atoms with Crippen molar-refractivity contribution in [3.8, 4) is 0 Å². The third-order valence-electron chi connectivity index (χ3n) is 4.29. The molecule has 0 aromatic rings. The fraction of sp³-hybridized carbons (Fsp3) is 1.00. The Morgan fingerprint density at radius 1 is 0.926 bits per heavy atom. The van der Waals surface area contributed by atoms with E-state index < -0.39 is 62.4 Å². The van der Waals surface area contributed by atoms with E-state index in [4.69, 9.17) is 95.4 Å². The Labute approximate surface area is 188 Å². The van der Waals surface area contributed by atoms with E-state index in [0.29, 0.717) is 0 Å². The number of alkyl halides is 7. The van der Waals surface area contributed by atoms with Crippen LogP contribution in [0.3, 0.4) is 0 Å². The normalized spacial score (nSPS) is 52.9. The standard InChI is InChI=1S/C12H15Cl7O8/c13-1-4-6(21)7(22)8(3-14,25-4)27-12(19)11(18,24)10(17,23)9(15,16)5(2-20)26-12/h4-7,20-24H,1-3H2/t4-,5-,6-,7+,8+,10-,11+,12-/m1/s1. The molecule has 2 saturated heterocycles. The Bertz CT molecular complexity index is 566. The van der Waals surface area contributed by atoms with Gasteiger partial charge >= 0.3 is 5.25 Å². The predicted octanol–water partition coefficient (Wildman–Crippen LogP) is 0.610. The van der Waals surface area contributed by atoms with Gasteiger partial charge in [-0.2, -0.15) is 0 Å². The maximum Gasteiger partial charge on any atom is 0.300 e. The van der Waals surface area contributed by atoms with Gasteiger partial charge in [0.15, 0.2) is 4.33 Å². The van der Waals surface area contributed by atoms with Gasteiger partial charge in [-0.1, -0.05) is 58.0 Å². The average molecular weight is 535 g/mol. The first-order chi connectivity index (χ1) is 12.2. The van der Waals surface area contributed by atoms with Gasteiger partial charge in [0.2, 0.25) is 10.8 Å². The molecule has 0 radical (unpaired) electrons. The Balaban J connectivity index is 2.49. The van der Waals surface area contributed by atoms with Gasteiger partial charge in [0.1, 0.15) is 24.4 Å². The molecule has 2 heterocycles. The van der Waals surface area contributed by atoms with Gasteiger partial charge in [-0.25, -0.2) is 0 Å². The zero-order chi connectivity index (χ0) is 21.1. The zero-order valence-electron chi connectivity index (χ0n) is 13.0. The Kier molecular flexibility index (Phi) is 7.40. The highest BCUT2D eigenvalue weighted by Crippen LogP contribution is 2.61. The first-order valence-electron chi connectivity index (χ1n) is 7.21. The molecule has 0 unspecified atom stereocenters. The molecule has 160 valence electrons. The topological polar surface area (TPSA) is 129 Å². The summed E-state index contributed by atoms with van der Waals surface area (Å²) >= 11 is 41.2. The summed E-state index contributed by atoms with van der Waals surface area (Å²) in [6.07, 6.45) is -6.27. The van der Waals surface area contributed by atoms with E-state index in [1.54, 1.807) is 0 Å². The highest BCUT2D eigenvalue weighted by Gasteiger charge is 2.79. The molecule has 0 spiro atoms. The van der Waals surface area contributed by atoms with Crippen molar-refractivity contribution < 1.29 is 39.7 Å². The van der Waals surface area contributed by atoms with Crippen molar-refractivity contribution in [1.82, 2.24) is 0 Å². The summed E-state index contributed by atoms with van der Waals surface area (Å²) in [6, 6.07) is 0. The first kappa shape index (κ1) is 25.0. The maximum absolute atomic E-state index is 10.6. The molecule has 0 bridgehead atoms. The van der Waals surface area contributed by atoms with Crippen molar-refractivity contribution in [2.45, 2.75) is 49.9 Å². The van der Waals surface area contributed by atoms with E-state index in [0.717, 1.165) is 0 Å². The van der Waals surface area contributed by atoms with Crippen molar-refractivity contribution in [2.24, 2.45) is 0 Å². The van der Waals surface area contributed by atoms with Gasteiger partial charge < -0.3 is 35.0 Å². The molecule has 0 aromatic carbocycles. The molecular formula is C12H15Cl7O8. The van der Waals surface area contributed by atoms with E-state index in [-0.39, 0.29) is 5.88 Å². The van der Waals surface area contributed by atoms with Crippen molar-refractivity contribution in [3.63, 3.8) is 0 Å². The second-order valence-electron chi connectivity index (χ2n) is 5.99. The first-order valence-corrected chi connectivity index (χ1v) is 10.2. The quantitative estimate of drug-likeness (QED) is 0.324. The van der Waals surface area contributed by atoms with Gasteiger partial charge in [-0.05, 0) is 0 Å². The summed E-state index contributed by atoms with van der Waals surface area (Å²) in [5.74, 6) is -3.25. The number of hydrogen-bond acceptors (Lipinski definition) is 8. The number of ether oxygens (including phenoxy) is 3. The van der Waals surface area contributed by atoms with Gasteiger partial charge in [0, 0.05) is 0 Å². The van der Waals surface area contributed by atoms with Crippen LogP contribution < -0.4 is 0 Å². The number of aliphatic hydroxyl groups is 5. The van der Waals surface area contributed by atoms with Crippen LogP contribution in [0.2, 0.25) is 0 Å². The second kappa shape index (κ2) is 8.00. The minimum Gasteiger partial charge on any atom is -0.394 e. The molecule has 15 heteroatoms. The lowest BCUT2D eigenvalue weighted by atomic mass is 9.99. The second-order valence-corrected chi connectivity index (χ2v) is 9.54. The smallest absolute Gasteiger partial charge is 0.300 e. The number of hydrogen-bond donors (Lipinski definition) is 5. The largest absolute Gasteiger partial charge is 0.394 e. The number of aliphatic hydroxyl groups excluding tert-OH is 3. The molecule has 27 heavy (non-hydrogen) atoms. The molecule has 8 nitrogen and oxygen atoms in total. The predicted molar refractivity (Wildman–Crippen MR) is 98.7 cm³/mol. The summed E-state index contributed by atoms with van der Waals surface area (Å²) in [6.45, 7) is -0.947. The summed E-state index contributed by atoms with van der Waals surface area (Å²) < 4.78 is 13.3. The van der Waals surface area contributed by atoms with Crippen LogP contribution in [0.15, 0.2) is 0 Å². The third kappa shape index (κ3) is 3.56. The Morgan fingerprint density at radius 3 is 1.89 bits per heavy atom. The van der Waals surface area contributed by atoms with Crippen LogP contribution in [0.25, 0.3) is 0 Å². The lowest BCUT2D eigenvalue weighted by Gasteiger charge is -2.56. The monoisotopic (exact) mass is 532 g/mol. The molecule has 2 fully saturated rings. The summed E-state index contributed by atoms with van der Waals surface area (Å²) in [5.41, 5.74) is 0. The van der Waals surface area contributed by atoms with Crippen LogP contribution in [0.1, 0.15) is 0 Å². The summed E-state index contributed by atoms with van der Waals surface area (Å²) in [7, 11) is 0. The summed E-state index contributed by atoms with van der Waals surface area (Å²) in [4.78, 5) is 0. The van der Waals surface area contributed by atoms with E-state index in [2.05, 4.69) is 0 Å². The molecule has 0 aromatic heterocycles. The van der Waals surface area contributed by atoms with Crippen LogP contribution in [0.4, 0.5) is 0 Å². The van der Waals surface area contributed by atoms with E-state index in [1.807, 2.05) is 0 Å². The summed E-state index contributed by atoms with van der Waals surface area (Å²) in [5, 5.41) is 41.4. The maximum atomic E-state index is 10.6. The Morgan fingerprint density at radius 2 is 1.48 bits per heavy atom. The molecular weight excluding hydrogens is 520 g/mol. The number of rotatable bonds is 5. The molecule has 0 aliphatic carbocycles. The molecule has 0 saturated carbocycles. The lowest BCUT2D eigenvalue weighted by Crippen LogP contribution is -2.77. The molecule has 2 aliphatic heterocycles. The highest BCUT2D eigenvalue weighted by atomic mass is 35.5. The molecule has 2 rings (SSSR count). The van der Waals surface area contributed by atoms with Gasteiger partial charge in [0.05, 0.1) is 18.4 Å². The molecule has 0 amide bonds. The van der Waals surface area contributed by atoms with Crippen molar-refractivity contribution in [3.05, 3.63) is 0 Å². The fourth-order valence-corrected chi connectivity index (χ4v) is 4.66. The van der Waals surface area contributed by atoms with Crippen LogP contribution in [0.5, 0.6) is 0 Å². The lowest BCUT2D eigenvalue weighted by molar-refractivity contribution is -0.395. The average Bonchev–Trinajstić information content (AvgIpc) is 2.83. The minimum atomic E-state index is -3.29. The third-order valence-corrected chi connectivity index (χ3v) is 7.92. The molecule has 2 aliphatic rings. The van der Waals surface area contributed by atoms with Crippen LogP contribution in [-0.4, -0.2) is 93.8 Å². The van der Waals surface area contributed by atoms with Gasteiger partial charge in [0.25, 0.3) is 5.06 Å². The van der Waals surface area contributed by atoms with Crippen LogP contribution >= 0.6 is 81.2 Å². The van der Waals surface area contributed by atoms with Crippen molar-refractivity contribution >= 4 is 81.2 Å². The minimum absolute atomic E-state index is 0.271. The molecule has 8 atom stereocenters. The number of halogens is 7. The van der Waals surface area contributed by atoms with E-state index in [1.165, 1.54) is 0 Å². The van der Waals surface area contributed by atoms with Gasteiger partial charge in [-0.3, -0.25) is 4.74 Å². The van der Waals surface area contributed by atoms with Crippen LogP contribution in [-0.2, 0) is 14.2 Å². The SMILES string of the molecule is OC[C@H]1O[C@@](Cl)(O[C@]2(CCl)O[C@H](CCl)[C@@H](O)[C@@H]2O)[C@](O)(Cl)[C@@](O)(Cl)C1(Cl)Cl. The van der Waals surface area contributed by atoms with E-state index in [9.17, 15) is 25.5 Å². The fourth-order valence-electron chi connectivity index (χ4n) is 2.64. The van der Waals surface area contributed by atoms with Crippen LogP contribution in [0, 0.1) is 0 Å².